The number of alkyl halides is 3. The zero-order valence-electron chi connectivity index (χ0n) is 18.0. The number of aromatic nitrogens is 4. The lowest BCUT2D eigenvalue weighted by molar-refractivity contribution is -0.143. The zero-order chi connectivity index (χ0) is 25.3. The van der Waals surface area contributed by atoms with Crippen molar-refractivity contribution in [2.45, 2.75) is 32.2 Å². The molecule has 0 saturated carbocycles. The number of aromatic amines is 1. The molecule has 3 N–H and O–H groups in total. The molecule has 0 aliphatic carbocycles. The number of ether oxygens (including phenoxy) is 1. The number of hydrogen-bond acceptors (Lipinski definition) is 6. The number of H-pyrrole nitrogens is 1. The van der Waals surface area contributed by atoms with Crippen molar-refractivity contribution in [2.75, 3.05) is 17.3 Å². The molecule has 34 heavy (non-hydrogen) atoms. The third-order valence-corrected chi connectivity index (χ3v) is 4.85. The topological polar surface area (TPSA) is 116 Å². The van der Waals surface area contributed by atoms with E-state index in [9.17, 15) is 27.5 Å². The molecule has 2 amide bonds. The van der Waals surface area contributed by atoms with Gasteiger partial charge in [-0.25, -0.2) is 19.2 Å². The molecule has 14 heteroatoms. The molecule has 2 aromatic heterocycles. The number of carbonyl (C=O) groups excluding carboxylic acids is 1. The van der Waals surface area contributed by atoms with E-state index in [1.54, 1.807) is 0 Å². The van der Waals surface area contributed by atoms with Gasteiger partial charge in [0, 0.05) is 11.3 Å². The second-order valence-corrected chi connectivity index (χ2v) is 7.96. The van der Waals surface area contributed by atoms with Crippen LogP contribution in [0, 0.1) is 5.82 Å². The Morgan fingerprint density at radius 3 is 2.44 bits per heavy atom. The number of aliphatic hydroxyl groups is 1. The first-order valence-electron chi connectivity index (χ1n) is 9.58. The molecular formula is C20H19ClF4N6O3. The number of nitrogens with one attached hydrogen (secondary N) is 2. The number of carbonyl (C=O) groups is 1. The molecule has 0 saturated heterocycles. The lowest BCUT2D eigenvalue weighted by atomic mass is 9.95. The third kappa shape index (κ3) is 5.54. The van der Waals surface area contributed by atoms with Crippen LogP contribution in [0.25, 0.3) is 0 Å². The number of methoxy groups -OCH3 is 1. The SMILES string of the molecule is COc1ncc(N(Cc2[nH]nc(C(F)(F)F)c2C(C)(C)O)C(=O)Nc2ccc(F)c(Cl)c2)cn1. The molecule has 0 aliphatic rings. The van der Waals surface area contributed by atoms with Crippen LogP contribution in [0.1, 0.15) is 30.8 Å². The van der Waals surface area contributed by atoms with Crippen LogP contribution < -0.4 is 15.0 Å². The standard InChI is InChI=1S/C20H19ClF4N6O3/c1-19(2,33)15-14(29-30-16(15)20(23,24)25)9-31(11-7-26-17(34-3)27-8-11)18(32)28-10-4-5-13(22)12(21)6-10/h4-8,33H,9H2,1-3H3,(H,28,32)(H,29,30). The monoisotopic (exact) mass is 502 g/mol. The molecule has 0 aliphatic heterocycles. The van der Waals surface area contributed by atoms with Crippen LogP contribution in [0.15, 0.2) is 30.6 Å². The molecule has 3 aromatic rings. The lowest BCUT2D eigenvalue weighted by Crippen LogP contribution is -2.36. The summed E-state index contributed by atoms with van der Waals surface area (Å²) in [6.07, 6.45) is -2.42. The van der Waals surface area contributed by atoms with Gasteiger partial charge in [0.25, 0.3) is 0 Å². The molecule has 1 aromatic carbocycles. The summed E-state index contributed by atoms with van der Waals surface area (Å²) in [5.41, 5.74) is -3.77. The van der Waals surface area contributed by atoms with Crippen molar-refractivity contribution in [1.82, 2.24) is 20.2 Å². The number of urea groups is 1. The molecular weight excluding hydrogens is 484 g/mol. The Kier molecular flexibility index (Phi) is 6.98. The maximum Gasteiger partial charge on any atom is 0.435 e. The quantitative estimate of drug-likeness (QED) is 0.428. The number of nitrogens with zero attached hydrogens (tertiary/aromatic N) is 4. The Bertz CT molecular complexity index is 1180. The van der Waals surface area contributed by atoms with Crippen molar-refractivity contribution in [2.24, 2.45) is 0 Å². The van der Waals surface area contributed by atoms with Gasteiger partial charge in [0.15, 0.2) is 5.69 Å². The second-order valence-electron chi connectivity index (χ2n) is 7.56. The van der Waals surface area contributed by atoms with Crippen LogP contribution in [0.5, 0.6) is 6.01 Å². The number of halogens is 5. The number of rotatable bonds is 6. The van der Waals surface area contributed by atoms with Gasteiger partial charge in [-0.05, 0) is 32.0 Å². The minimum Gasteiger partial charge on any atom is -0.467 e. The highest BCUT2D eigenvalue weighted by atomic mass is 35.5. The number of benzene rings is 1. The first-order chi connectivity index (χ1) is 15.8. The van der Waals surface area contributed by atoms with E-state index in [4.69, 9.17) is 16.3 Å². The zero-order valence-corrected chi connectivity index (χ0v) is 18.8. The summed E-state index contributed by atoms with van der Waals surface area (Å²) >= 11 is 5.75. The van der Waals surface area contributed by atoms with Crippen molar-refractivity contribution in [1.29, 1.82) is 0 Å². The first kappa shape index (κ1) is 25.2. The first-order valence-corrected chi connectivity index (χ1v) is 9.96. The van der Waals surface area contributed by atoms with Gasteiger partial charge < -0.3 is 15.2 Å². The van der Waals surface area contributed by atoms with E-state index < -0.39 is 41.4 Å². The van der Waals surface area contributed by atoms with Crippen LogP contribution in [-0.2, 0) is 18.3 Å². The fraction of sp³-hybridized carbons (Fsp3) is 0.300. The summed E-state index contributed by atoms with van der Waals surface area (Å²) in [6.45, 7) is 1.84. The van der Waals surface area contributed by atoms with E-state index in [-0.39, 0.29) is 28.1 Å². The van der Waals surface area contributed by atoms with Crippen molar-refractivity contribution in [3.05, 3.63) is 58.4 Å². The number of hydrogen-bond donors (Lipinski definition) is 3. The van der Waals surface area contributed by atoms with Crippen LogP contribution in [0.3, 0.4) is 0 Å². The largest absolute Gasteiger partial charge is 0.467 e. The van der Waals surface area contributed by atoms with Crippen molar-refractivity contribution in [3.8, 4) is 6.01 Å². The number of anilines is 2. The van der Waals surface area contributed by atoms with Gasteiger partial charge in [-0.3, -0.25) is 10.00 Å². The predicted octanol–water partition coefficient (Wildman–Crippen LogP) is 4.49. The van der Waals surface area contributed by atoms with Gasteiger partial charge in [-0.2, -0.15) is 18.3 Å². The highest BCUT2D eigenvalue weighted by Gasteiger charge is 2.42. The molecule has 182 valence electrons. The summed E-state index contributed by atoms with van der Waals surface area (Å²) < 4.78 is 58.8. The van der Waals surface area contributed by atoms with Crippen molar-refractivity contribution in [3.63, 3.8) is 0 Å². The highest BCUT2D eigenvalue weighted by molar-refractivity contribution is 6.31. The summed E-state index contributed by atoms with van der Waals surface area (Å²) in [7, 11) is 1.33. The van der Waals surface area contributed by atoms with E-state index in [1.165, 1.54) is 25.6 Å². The Labute approximate surface area is 195 Å². The summed E-state index contributed by atoms with van der Waals surface area (Å²) in [4.78, 5) is 21.9. The van der Waals surface area contributed by atoms with Gasteiger partial charge in [0.1, 0.15) is 5.82 Å². The fourth-order valence-corrected chi connectivity index (χ4v) is 3.29. The average Bonchev–Trinajstić information content (AvgIpc) is 3.20. The van der Waals surface area contributed by atoms with E-state index in [1.807, 2.05) is 0 Å². The molecule has 0 radical (unpaired) electrons. The smallest absolute Gasteiger partial charge is 0.435 e. The Morgan fingerprint density at radius 2 is 1.91 bits per heavy atom. The van der Waals surface area contributed by atoms with Crippen LogP contribution in [0.4, 0.5) is 33.7 Å². The van der Waals surface area contributed by atoms with Crippen molar-refractivity contribution < 1.29 is 32.2 Å². The Balaban J connectivity index is 2.03. The summed E-state index contributed by atoms with van der Waals surface area (Å²) in [5, 5.41) is 18.2. The molecule has 0 spiro atoms. The molecule has 0 fully saturated rings. The molecule has 0 bridgehead atoms. The summed E-state index contributed by atoms with van der Waals surface area (Å²) in [6, 6.07) is 2.61. The van der Waals surface area contributed by atoms with E-state index in [0.29, 0.717) is 0 Å². The van der Waals surface area contributed by atoms with Gasteiger partial charge in [0.05, 0.1) is 48.1 Å². The molecule has 0 atom stereocenters. The van der Waals surface area contributed by atoms with Gasteiger partial charge in [0.2, 0.25) is 0 Å². The maximum atomic E-state index is 13.5. The van der Waals surface area contributed by atoms with Crippen molar-refractivity contribution >= 4 is 29.0 Å². The van der Waals surface area contributed by atoms with E-state index in [0.717, 1.165) is 30.9 Å². The van der Waals surface area contributed by atoms with E-state index >= 15 is 0 Å². The molecule has 3 rings (SSSR count). The van der Waals surface area contributed by atoms with Crippen LogP contribution in [0.2, 0.25) is 5.02 Å². The van der Waals surface area contributed by atoms with Crippen LogP contribution >= 0.6 is 11.6 Å². The third-order valence-electron chi connectivity index (χ3n) is 4.56. The minimum absolute atomic E-state index is 0.00694. The number of amides is 2. The highest BCUT2D eigenvalue weighted by Crippen LogP contribution is 2.37. The second kappa shape index (κ2) is 9.43. The van der Waals surface area contributed by atoms with Gasteiger partial charge in [-0.15, -0.1) is 0 Å². The normalized spacial score (nSPS) is 11.9. The minimum atomic E-state index is -4.86. The van der Waals surface area contributed by atoms with Gasteiger partial charge >= 0.3 is 18.2 Å². The van der Waals surface area contributed by atoms with E-state index in [2.05, 4.69) is 25.5 Å². The fourth-order valence-electron chi connectivity index (χ4n) is 3.11. The Hall–Kier alpha value is -3.45. The van der Waals surface area contributed by atoms with Crippen LogP contribution in [-0.4, -0.2) is 38.4 Å². The van der Waals surface area contributed by atoms with Gasteiger partial charge in [-0.1, -0.05) is 11.6 Å². The molecule has 2 heterocycles. The Morgan fingerprint density at radius 1 is 1.26 bits per heavy atom. The maximum absolute atomic E-state index is 13.5. The lowest BCUT2D eigenvalue weighted by Gasteiger charge is -2.25. The molecule has 9 nitrogen and oxygen atoms in total. The molecule has 0 unspecified atom stereocenters. The average molecular weight is 503 g/mol. The predicted molar refractivity (Wildman–Crippen MR) is 114 cm³/mol. The summed E-state index contributed by atoms with van der Waals surface area (Å²) in [5.74, 6) is -0.702.